The molecule has 1 amide bonds. The molecule has 0 bridgehead atoms. The van der Waals surface area contributed by atoms with Gasteiger partial charge in [0.25, 0.3) is 0 Å². The second-order valence-corrected chi connectivity index (χ2v) is 9.54. The molecule has 9 nitrogen and oxygen atoms in total. The summed E-state index contributed by atoms with van der Waals surface area (Å²) in [6, 6.07) is 7.73. The fraction of sp³-hybridized carbons (Fsp3) is 0.455. The van der Waals surface area contributed by atoms with Crippen LogP contribution >= 0.6 is 11.6 Å². The fourth-order valence-electron chi connectivity index (χ4n) is 6.01. The number of imidazole rings is 1. The zero-order chi connectivity index (χ0) is 22.4. The van der Waals surface area contributed by atoms with Gasteiger partial charge in [-0.15, -0.1) is 0 Å². The van der Waals surface area contributed by atoms with Crippen LogP contribution in [0.4, 0.5) is 5.82 Å². The van der Waals surface area contributed by atoms with Gasteiger partial charge < -0.3 is 25.4 Å². The number of anilines is 1. The minimum absolute atomic E-state index is 0.0652. The number of aliphatic hydroxyl groups excluding tert-OH is 1. The number of fused-ring (bicyclic) bond motifs is 4. The summed E-state index contributed by atoms with van der Waals surface area (Å²) in [5, 5.41) is 28.2. The smallest absolute Gasteiger partial charge is 0.229 e. The molecular weight excluding hydrogens is 432 g/mol. The predicted octanol–water partition coefficient (Wildman–Crippen LogP) is 1.43. The lowest BCUT2D eigenvalue weighted by atomic mass is 9.93. The maximum Gasteiger partial charge on any atom is 0.229 e. The second-order valence-electron chi connectivity index (χ2n) is 9.20. The van der Waals surface area contributed by atoms with Gasteiger partial charge in [-0.05, 0) is 36.4 Å². The number of hydrogen-bond donors (Lipinski definition) is 4. The van der Waals surface area contributed by atoms with Gasteiger partial charge in [0.05, 0.1) is 23.9 Å². The first-order valence-corrected chi connectivity index (χ1v) is 11.0. The summed E-state index contributed by atoms with van der Waals surface area (Å²) in [4.78, 5) is 25.5. The first kappa shape index (κ1) is 19.9. The number of nitrogens with one attached hydrogen (secondary N) is 2. The lowest BCUT2D eigenvalue weighted by Gasteiger charge is -2.25. The Balaban J connectivity index is 1.32. The SMILES string of the molecule is CNC(=O)C12CC1[C@H]1[C@@H](n3cnc4c(NCc5cccc(C)c5)nc(Cl)nc43)[C@@]1(O)[C@@H]2O. The minimum atomic E-state index is -1.38. The molecule has 2 heterocycles. The van der Waals surface area contributed by atoms with Crippen molar-refractivity contribution in [2.24, 2.45) is 17.3 Å². The van der Waals surface area contributed by atoms with Crippen molar-refractivity contribution >= 4 is 34.5 Å². The normalized spacial score (nSPS) is 34.2. The molecule has 0 aliphatic heterocycles. The summed E-state index contributed by atoms with van der Waals surface area (Å²) < 4.78 is 1.76. The van der Waals surface area contributed by atoms with Gasteiger partial charge in [-0.2, -0.15) is 9.97 Å². The molecule has 2 unspecified atom stereocenters. The quantitative estimate of drug-likeness (QED) is 0.430. The molecule has 2 aromatic heterocycles. The number of amides is 1. The van der Waals surface area contributed by atoms with E-state index in [1.165, 1.54) is 5.56 Å². The van der Waals surface area contributed by atoms with Crippen molar-refractivity contribution in [2.45, 2.75) is 37.6 Å². The molecule has 32 heavy (non-hydrogen) atoms. The van der Waals surface area contributed by atoms with E-state index in [0.717, 1.165) is 5.56 Å². The number of aryl methyl sites for hydroxylation is 1. The van der Waals surface area contributed by atoms with Crippen LogP contribution < -0.4 is 10.6 Å². The third-order valence-electron chi connectivity index (χ3n) is 7.54. The van der Waals surface area contributed by atoms with E-state index in [0.29, 0.717) is 29.9 Å². The van der Waals surface area contributed by atoms with Crippen molar-refractivity contribution in [3.8, 4) is 0 Å². The molecule has 0 spiro atoms. The van der Waals surface area contributed by atoms with Crippen LogP contribution in [-0.2, 0) is 11.3 Å². The number of carbonyl (C=O) groups is 1. The van der Waals surface area contributed by atoms with Gasteiger partial charge in [-0.3, -0.25) is 4.79 Å². The van der Waals surface area contributed by atoms with Crippen LogP contribution in [0.5, 0.6) is 0 Å². The molecule has 1 aromatic carbocycles. The molecular formula is C22H23ClN6O3. The average molecular weight is 455 g/mol. The van der Waals surface area contributed by atoms with Crippen molar-refractivity contribution < 1.29 is 15.0 Å². The summed E-state index contributed by atoms with van der Waals surface area (Å²) in [5.41, 5.74) is 1.03. The van der Waals surface area contributed by atoms with E-state index in [2.05, 4.69) is 31.7 Å². The van der Waals surface area contributed by atoms with E-state index in [1.807, 2.05) is 25.1 Å². The Labute approximate surface area is 188 Å². The van der Waals surface area contributed by atoms with Crippen molar-refractivity contribution in [1.29, 1.82) is 0 Å². The highest BCUT2D eigenvalue weighted by Gasteiger charge is 2.91. The monoisotopic (exact) mass is 454 g/mol. The first-order valence-electron chi connectivity index (χ1n) is 10.6. The van der Waals surface area contributed by atoms with E-state index < -0.39 is 23.2 Å². The molecule has 0 saturated heterocycles. The highest BCUT2D eigenvalue weighted by molar-refractivity contribution is 6.28. The van der Waals surface area contributed by atoms with E-state index in [-0.39, 0.29) is 23.0 Å². The van der Waals surface area contributed by atoms with Gasteiger partial charge in [0, 0.05) is 19.5 Å². The molecule has 0 radical (unpaired) electrons. The summed E-state index contributed by atoms with van der Waals surface area (Å²) in [5.74, 6) is -0.00614. The number of aromatic nitrogens is 4. The molecule has 6 rings (SSSR count). The van der Waals surface area contributed by atoms with Crippen LogP contribution in [0.15, 0.2) is 30.6 Å². The molecule has 3 aliphatic rings. The van der Waals surface area contributed by atoms with E-state index in [9.17, 15) is 15.0 Å². The van der Waals surface area contributed by atoms with Crippen LogP contribution in [-0.4, -0.2) is 54.4 Å². The number of aliphatic hydroxyl groups is 2. The topological polar surface area (TPSA) is 125 Å². The Kier molecular flexibility index (Phi) is 3.98. The number of nitrogens with zero attached hydrogens (tertiary/aromatic N) is 4. The summed E-state index contributed by atoms with van der Waals surface area (Å²) in [6.45, 7) is 2.58. The van der Waals surface area contributed by atoms with Crippen LogP contribution in [0.3, 0.4) is 0 Å². The third-order valence-corrected chi connectivity index (χ3v) is 7.71. The van der Waals surface area contributed by atoms with Crippen molar-refractivity contribution in [3.63, 3.8) is 0 Å². The van der Waals surface area contributed by atoms with Crippen molar-refractivity contribution in [2.75, 3.05) is 12.4 Å². The molecule has 3 aromatic rings. The van der Waals surface area contributed by atoms with Crippen LogP contribution in [0.25, 0.3) is 11.2 Å². The third kappa shape index (κ3) is 2.41. The van der Waals surface area contributed by atoms with Crippen LogP contribution in [0.1, 0.15) is 23.6 Å². The Morgan fingerprint density at radius 3 is 2.88 bits per heavy atom. The van der Waals surface area contributed by atoms with Gasteiger partial charge in [0.15, 0.2) is 17.0 Å². The molecule has 10 heteroatoms. The largest absolute Gasteiger partial charge is 0.389 e. The molecule has 4 N–H and O–H groups in total. The zero-order valence-electron chi connectivity index (χ0n) is 17.6. The van der Waals surface area contributed by atoms with Crippen molar-refractivity contribution in [1.82, 2.24) is 24.8 Å². The molecule has 3 aliphatic carbocycles. The van der Waals surface area contributed by atoms with Gasteiger partial charge in [0.2, 0.25) is 11.2 Å². The number of rotatable bonds is 5. The number of benzene rings is 1. The maximum atomic E-state index is 12.4. The minimum Gasteiger partial charge on any atom is -0.389 e. The van der Waals surface area contributed by atoms with Gasteiger partial charge in [-0.1, -0.05) is 29.8 Å². The Hall–Kier alpha value is -2.75. The second kappa shape index (κ2) is 6.40. The highest BCUT2D eigenvalue weighted by atomic mass is 35.5. The van der Waals surface area contributed by atoms with E-state index in [4.69, 9.17) is 11.6 Å². The lowest BCUT2D eigenvalue weighted by molar-refractivity contribution is -0.134. The first-order chi connectivity index (χ1) is 15.3. The van der Waals surface area contributed by atoms with Gasteiger partial charge in [-0.25, -0.2) is 4.98 Å². The standard InChI is InChI=1S/C22H23ClN6O3/c1-10-4-3-5-11(6-10)8-25-16-14-17(28-20(23)27-16)29(9-26-14)15-13-12-7-21(12,19(31)24-2)18(30)22(13,15)32/h3-6,9,12-13,15,18,30,32H,7-8H2,1-2H3,(H,24,31)(H,25,27,28)/t12?,13-,15+,18+,21?,22+/m0/s1. The fourth-order valence-corrected chi connectivity index (χ4v) is 6.17. The zero-order valence-corrected chi connectivity index (χ0v) is 18.3. The van der Waals surface area contributed by atoms with E-state index in [1.54, 1.807) is 17.9 Å². The van der Waals surface area contributed by atoms with Crippen molar-refractivity contribution in [3.05, 3.63) is 47.0 Å². The number of halogens is 1. The summed E-state index contributed by atoms with van der Waals surface area (Å²) in [6.07, 6.45) is 1.04. The Bertz CT molecular complexity index is 1280. The van der Waals surface area contributed by atoms with E-state index >= 15 is 0 Å². The summed E-state index contributed by atoms with van der Waals surface area (Å²) in [7, 11) is 1.55. The maximum absolute atomic E-state index is 12.4. The molecule has 3 saturated carbocycles. The average Bonchev–Trinajstić information content (AvgIpc) is 3.58. The lowest BCUT2D eigenvalue weighted by Crippen LogP contribution is -2.45. The van der Waals surface area contributed by atoms with Gasteiger partial charge in [0.1, 0.15) is 5.60 Å². The number of hydrogen-bond acceptors (Lipinski definition) is 7. The van der Waals surface area contributed by atoms with Crippen LogP contribution in [0.2, 0.25) is 5.28 Å². The molecule has 166 valence electrons. The Morgan fingerprint density at radius 2 is 2.19 bits per heavy atom. The van der Waals surface area contributed by atoms with Crippen LogP contribution in [0, 0.1) is 24.2 Å². The van der Waals surface area contributed by atoms with Gasteiger partial charge >= 0.3 is 0 Å². The summed E-state index contributed by atoms with van der Waals surface area (Å²) >= 11 is 6.22. The molecule has 3 fully saturated rings. The highest BCUT2D eigenvalue weighted by Crippen LogP contribution is 2.82. The Morgan fingerprint density at radius 1 is 1.38 bits per heavy atom. The number of carbonyl (C=O) groups excluding carboxylic acids is 1. The molecule has 6 atom stereocenters. The predicted molar refractivity (Wildman–Crippen MR) is 117 cm³/mol.